The van der Waals surface area contributed by atoms with Crippen LogP contribution in [0.3, 0.4) is 0 Å². The maximum Gasteiger partial charge on any atom is 0.260 e. The number of phenols is 1. The number of carbonyl (C=O) groups excluding carboxylic acids is 1. The summed E-state index contributed by atoms with van der Waals surface area (Å²) in [6.07, 6.45) is 4.76. The Morgan fingerprint density at radius 1 is 1.40 bits per heavy atom. The number of amides is 1. The van der Waals surface area contributed by atoms with Crippen LogP contribution in [0.15, 0.2) is 12.1 Å². The average Bonchev–Trinajstić information content (AvgIpc) is 2.85. The van der Waals surface area contributed by atoms with Crippen LogP contribution in [0.2, 0.25) is 0 Å². The minimum atomic E-state index is -1.03. The fourth-order valence-electron chi connectivity index (χ4n) is 2.60. The molecule has 0 saturated heterocycles. The molecule has 1 saturated carbocycles. The quantitative estimate of drug-likeness (QED) is 0.933. The Hall–Kier alpha value is -1.30. The highest BCUT2D eigenvalue weighted by Gasteiger charge is 2.32. The average molecular weight is 301 g/mol. The van der Waals surface area contributed by atoms with E-state index in [4.69, 9.17) is 0 Å². The molecule has 1 fully saturated rings. The number of aromatic hydroxyl groups is 1. The summed E-state index contributed by atoms with van der Waals surface area (Å²) in [6, 6.07) is 1.40. The van der Waals surface area contributed by atoms with Gasteiger partial charge in [0.2, 0.25) is 0 Å². The lowest BCUT2D eigenvalue weighted by Crippen LogP contribution is -2.36. The van der Waals surface area contributed by atoms with Gasteiger partial charge in [-0.05, 0) is 25.5 Å². The van der Waals surface area contributed by atoms with E-state index in [-0.39, 0.29) is 6.04 Å². The monoisotopic (exact) mass is 301 g/mol. The molecule has 3 nitrogen and oxygen atoms in total. The smallest absolute Gasteiger partial charge is 0.260 e. The van der Waals surface area contributed by atoms with Gasteiger partial charge in [0.15, 0.2) is 0 Å². The minimum Gasteiger partial charge on any atom is -0.507 e. The van der Waals surface area contributed by atoms with E-state index in [9.17, 15) is 18.7 Å². The third-order valence-electron chi connectivity index (χ3n) is 3.81. The first kappa shape index (κ1) is 15.1. The largest absolute Gasteiger partial charge is 0.507 e. The molecular weight excluding hydrogens is 284 g/mol. The number of carbonyl (C=O) groups is 1. The fraction of sp³-hybridized carbons (Fsp3) is 0.500. The van der Waals surface area contributed by atoms with E-state index in [0.717, 1.165) is 25.3 Å². The first-order valence-corrected chi connectivity index (χ1v) is 7.70. The molecule has 1 aliphatic rings. The molecule has 0 unspecified atom stereocenters. The summed E-state index contributed by atoms with van der Waals surface area (Å²) in [6.45, 7) is 0. The van der Waals surface area contributed by atoms with Gasteiger partial charge in [0.1, 0.15) is 22.9 Å². The second-order valence-electron chi connectivity index (χ2n) is 5.02. The lowest BCUT2D eigenvalue weighted by atomic mass is 10.1. The van der Waals surface area contributed by atoms with Gasteiger partial charge in [0.25, 0.3) is 5.91 Å². The van der Waals surface area contributed by atoms with E-state index in [1.165, 1.54) is 4.90 Å². The summed E-state index contributed by atoms with van der Waals surface area (Å²) < 4.78 is 26.6. The Morgan fingerprint density at radius 3 is 2.65 bits per heavy atom. The zero-order chi connectivity index (χ0) is 14.9. The first-order chi connectivity index (χ1) is 9.43. The summed E-state index contributed by atoms with van der Waals surface area (Å²) in [4.78, 5) is 13.7. The van der Waals surface area contributed by atoms with E-state index in [1.807, 2.05) is 6.26 Å². The molecule has 2 rings (SSSR count). The highest BCUT2D eigenvalue weighted by atomic mass is 32.2. The Bertz CT molecular complexity index is 501. The summed E-state index contributed by atoms with van der Waals surface area (Å²) in [7, 11) is 1.60. The zero-order valence-corrected chi connectivity index (χ0v) is 12.2. The van der Waals surface area contributed by atoms with Crippen molar-refractivity contribution in [2.75, 3.05) is 13.3 Å². The lowest BCUT2D eigenvalue weighted by Gasteiger charge is -2.25. The van der Waals surface area contributed by atoms with Crippen LogP contribution in [-0.4, -0.2) is 40.5 Å². The van der Waals surface area contributed by atoms with Gasteiger partial charge in [-0.25, -0.2) is 8.78 Å². The van der Waals surface area contributed by atoms with Gasteiger partial charge in [0.05, 0.1) is 0 Å². The van der Waals surface area contributed by atoms with Crippen LogP contribution in [0.1, 0.15) is 29.6 Å². The van der Waals surface area contributed by atoms with E-state index in [2.05, 4.69) is 0 Å². The van der Waals surface area contributed by atoms with Crippen molar-refractivity contribution in [1.82, 2.24) is 4.90 Å². The molecule has 20 heavy (non-hydrogen) atoms. The third-order valence-corrected chi connectivity index (χ3v) is 4.90. The number of nitrogens with zero attached hydrogens (tertiary/aromatic N) is 1. The van der Waals surface area contributed by atoms with Crippen molar-refractivity contribution in [3.63, 3.8) is 0 Å². The molecular formula is C14H17F2NO2S. The zero-order valence-electron chi connectivity index (χ0n) is 11.4. The minimum absolute atomic E-state index is 0.0313. The van der Waals surface area contributed by atoms with Crippen molar-refractivity contribution >= 4 is 17.7 Å². The van der Waals surface area contributed by atoms with Gasteiger partial charge in [-0.1, -0.05) is 0 Å². The molecule has 2 atom stereocenters. The normalized spacial score (nSPS) is 22.0. The van der Waals surface area contributed by atoms with Crippen LogP contribution >= 0.6 is 11.8 Å². The molecule has 1 aliphatic carbocycles. The molecule has 1 N–H and O–H groups in total. The number of halogens is 2. The van der Waals surface area contributed by atoms with Crippen LogP contribution in [-0.2, 0) is 0 Å². The van der Waals surface area contributed by atoms with Crippen molar-refractivity contribution in [2.45, 2.75) is 30.6 Å². The molecule has 1 aromatic carbocycles. The third kappa shape index (κ3) is 2.90. The molecule has 0 radical (unpaired) electrons. The van der Waals surface area contributed by atoms with Gasteiger partial charge >= 0.3 is 0 Å². The van der Waals surface area contributed by atoms with Crippen molar-refractivity contribution in [3.8, 4) is 5.75 Å². The molecule has 1 amide bonds. The first-order valence-electron chi connectivity index (χ1n) is 6.42. The Morgan fingerprint density at radius 2 is 2.10 bits per heavy atom. The lowest BCUT2D eigenvalue weighted by molar-refractivity contribution is 0.0727. The Labute approximate surface area is 121 Å². The number of hydrogen-bond acceptors (Lipinski definition) is 3. The molecule has 0 bridgehead atoms. The molecule has 0 aliphatic heterocycles. The molecule has 1 aromatic rings. The van der Waals surface area contributed by atoms with Gasteiger partial charge < -0.3 is 10.0 Å². The molecule has 6 heteroatoms. The van der Waals surface area contributed by atoms with Gasteiger partial charge in [0, 0.05) is 30.5 Å². The van der Waals surface area contributed by atoms with E-state index in [0.29, 0.717) is 11.3 Å². The van der Waals surface area contributed by atoms with Gasteiger partial charge in [-0.3, -0.25) is 4.79 Å². The number of phenolic OH excluding ortho intramolecular Hbond substituents is 1. The summed E-state index contributed by atoms with van der Waals surface area (Å²) in [5.41, 5.74) is -0.457. The molecule has 0 heterocycles. The van der Waals surface area contributed by atoms with Crippen LogP contribution in [0.25, 0.3) is 0 Å². The molecule has 110 valence electrons. The van der Waals surface area contributed by atoms with E-state index < -0.39 is 28.9 Å². The maximum absolute atomic E-state index is 13.7. The number of thioether (sulfide) groups is 1. The fourth-order valence-corrected chi connectivity index (χ4v) is 3.38. The van der Waals surface area contributed by atoms with E-state index >= 15 is 0 Å². The van der Waals surface area contributed by atoms with Crippen molar-refractivity contribution < 1.29 is 18.7 Å². The second-order valence-corrected chi connectivity index (χ2v) is 6.16. The Balaban J connectivity index is 2.19. The SMILES string of the molecule is CS[C@H]1CC[C@@H](N(C)C(=O)c2c(O)cc(F)cc2F)C1. The predicted octanol–water partition coefficient (Wildman–Crippen LogP) is 3.03. The highest BCUT2D eigenvalue weighted by molar-refractivity contribution is 7.99. The number of benzene rings is 1. The van der Waals surface area contributed by atoms with Crippen LogP contribution in [0, 0.1) is 11.6 Å². The standard InChI is InChI=1S/C14H17F2NO2S/c1-17(9-3-4-10(7-9)20-2)14(19)13-11(16)5-8(15)6-12(13)18/h5-6,9-10,18H,3-4,7H2,1-2H3/t9-,10+/m1/s1. The van der Waals surface area contributed by atoms with E-state index in [1.54, 1.807) is 18.8 Å². The summed E-state index contributed by atoms with van der Waals surface area (Å²) >= 11 is 1.76. The van der Waals surface area contributed by atoms with Gasteiger partial charge in [-0.15, -0.1) is 0 Å². The molecule has 0 aromatic heterocycles. The van der Waals surface area contributed by atoms with Crippen molar-refractivity contribution in [1.29, 1.82) is 0 Å². The maximum atomic E-state index is 13.7. The van der Waals surface area contributed by atoms with Crippen molar-refractivity contribution in [3.05, 3.63) is 29.3 Å². The second kappa shape index (κ2) is 5.99. The van der Waals surface area contributed by atoms with Gasteiger partial charge in [-0.2, -0.15) is 11.8 Å². The van der Waals surface area contributed by atoms with Crippen LogP contribution < -0.4 is 0 Å². The summed E-state index contributed by atoms with van der Waals surface area (Å²) in [5, 5.41) is 10.1. The number of hydrogen-bond donors (Lipinski definition) is 1. The predicted molar refractivity (Wildman–Crippen MR) is 75.1 cm³/mol. The van der Waals surface area contributed by atoms with Crippen molar-refractivity contribution in [2.24, 2.45) is 0 Å². The number of rotatable bonds is 3. The highest BCUT2D eigenvalue weighted by Crippen LogP contribution is 2.32. The van der Waals surface area contributed by atoms with Crippen LogP contribution in [0.4, 0.5) is 8.78 Å². The topological polar surface area (TPSA) is 40.5 Å². The van der Waals surface area contributed by atoms with Crippen LogP contribution in [0.5, 0.6) is 5.75 Å². The molecule has 0 spiro atoms. The summed E-state index contributed by atoms with van der Waals surface area (Å²) in [5.74, 6) is -3.19. The Kier molecular flexibility index (Phi) is 4.52.